The van der Waals surface area contributed by atoms with Gasteiger partial charge in [0.25, 0.3) is 0 Å². The summed E-state index contributed by atoms with van der Waals surface area (Å²) in [5, 5.41) is 0.551. The Kier molecular flexibility index (Phi) is 6.88. The summed E-state index contributed by atoms with van der Waals surface area (Å²) in [6.45, 7) is 0. The van der Waals surface area contributed by atoms with E-state index in [4.69, 9.17) is 39.6 Å². The molecule has 0 aliphatic heterocycles. The highest BCUT2D eigenvalue weighted by molar-refractivity contribution is 6.36. The van der Waals surface area contributed by atoms with Crippen LogP contribution in [0.15, 0.2) is 41.7 Å². The van der Waals surface area contributed by atoms with Crippen molar-refractivity contribution >= 4 is 52.3 Å². The average molecular weight is 425 g/mol. The normalized spacial score (nSPS) is 12.7. The molecule has 0 spiro atoms. The molecule has 0 saturated heterocycles. The van der Waals surface area contributed by atoms with E-state index in [9.17, 15) is 13.2 Å². The Morgan fingerprint density at radius 3 is 2.50 bits per heavy atom. The van der Waals surface area contributed by atoms with Crippen molar-refractivity contribution in [3.05, 3.63) is 63.0 Å². The van der Waals surface area contributed by atoms with Crippen molar-refractivity contribution in [3.8, 4) is 0 Å². The van der Waals surface area contributed by atoms with Gasteiger partial charge in [0.05, 0.1) is 34.1 Å². The Labute approximate surface area is 162 Å². The molecule has 26 heavy (non-hydrogen) atoms. The maximum absolute atomic E-state index is 12.8. The molecule has 1 N–H and O–H groups in total. The van der Waals surface area contributed by atoms with E-state index in [1.807, 2.05) is 0 Å². The summed E-state index contributed by atoms with van der Waals surface area (Å²) in [7, 11) is 1.36. The van der Waals surface area contributed by atoms with E-state index in [1.165, 1.54) is 25.6 Å². The number of aromatic nitrogens is 1. The molecule has 1 aromatic carbocycles. The van der Waals surface area contributed by atoms with Gasteiger partial charge in [0.2, 0.25) is 0 Å². The van der Waals surface area contributed by atoms with Crippen molar-refractivity contribution in [2.24, 2.45) is 4.99 Å². The molecule has 0 bridgehead atoms. The first-order valence-corrected chi connectivity index (χ1v) is 8.06. The standard InChI is InChI=1S/C16H11Cl3F3N3O/c1-26-25-7-9(6-23-14-3-2-11(17)5-12(14)18)15-13(19)4-10(8-24-15)16(20,21)22/h2-8,25H,1H3/b9-7+,23-6?. The molecule has 2 aromatic rings. The SMILES string of the molecule is CON/C=C(\C=Nc1ccc(Cl)cc1Cl)c1ncc(C(F)(F)F)cc1Cl. The van der Waals surface area contributed by atoms with Crippen LogP contribution in [0.25, 0.3) is 5.57 Å². The molecule has 138 valence electrons. The highest BCUT2D eigenvalue weighted by atomic mass is 35.5. The minimum atomic E-state index is -4.55. The van der Waals surface area contributed by atoms with Crippen molar-refractivity contribution in [1.82, 2.24) is 10.5 Å². The molecule has 10 heteroatoms. The number of nitrogens with zero attached hydrogens (tertiary/aromatic N) is 2. The lowest BCUT2D eigenvalue weighted by Gasteiger charge is -2.10. The number of nitrogens with one attached hydrogen (secondary N) is 1. The van der Waals surface area contributed by atoms with Crippen LogP contribution in [0.4, 0.5) is 18.9 Å². The lowest BCUT2D eigenvalue weighted by atomic mass is 10.1. The number of hydroxylamine groups is 1. The first-order valence-electron chi connectivity index (χ1n) is 6.93. The quantitative estimate of drug-likeness (QED) is 0.476. The van der Waals surface area contributed by atoms with Gasteiger partial charge in [-0.3, -0.25) is 20.3 Å². The largest absolute Gasteiger partial charge is 0.417 e. The number of alkyl halides is 3. The number of halogens is 6. The van der Waals surface area contributed by atoms with E-state index < -0.39 is 11.7 Å². The van der Waals surface area contributed by atoms with E-state index in [2.05, 4.69) is 15.5 Å². The molecular formula is C16H11Cl3F3N3O. The number of allylic oxidation sites excluding steroid dienone is 1. The zero-order chi connectivity index (χ0) is 19.3. The molecule has 0 aliphatic carbocycles. The first-order chi connectivity index (χ1) is 12.2. The van der Waals surface area contributed by atoms with Gasteiger partial charge >= 0.3 is 6.18 Å². The zero-order valence-corrected chi connectivity index (χ0v) is 15.4. The second-order valence-corrected chi connectivity index (χ2v) is 6.08. The zero-order valence-electron chi connectivity index (χ0n) is 13.1. The second-order valence-electron chi connectivity index (χ2n) is 4.83. The van der Waals surface area contributed by atoms with Gasteiger partial charge in [-0.15, -0.1) is 0 Å². The fraction of sp³-hybridized carbons (Fsp3) is 0.125. The van der Waals surface area contributed by atoms with Gasteiger partial charge < -0.3 is 0 Å². The van der Waals surface area contributed by atoms with E-state index in [1.54, 1.807) is 12.1 Å². The van der Waals surface area contributed by atoms with Crippen LogP contribution in [0.3, 0.4) is 0 Å². The lowest BCUT2D eigenvalue weighted by Crippen LogP contribution is -2.08. The highest BCUT2D eigenvalue weighted by Gasteiger charge is 2.31. The fourth-order valence-corrected chi connectivity index (χ4v) is 2.55. The Bertz CT molecular complexity index is 854. The number of benzene rings is 1. The topological polar surface area (TPSA) is 46.5 Å². The molecule has 0 fully saturated rings. The predicted molar refractivity (Wildman–Crippen MR) is 97.0 cm³/mol. The summed E-state index contributed by atoms with van der Waals surface area (Å²) in [4.78, 5) is 12.7. The molecule has 1 heterocycles. The molecule has 0 radical (unpaired) electrons. The van der Waals surface area contributed by atoms with Gasteiger partial charge in [0.15, 0.2) is 0 Å². The molecular weight excluding hydrogens is 414 g/mol. The maximum Gasteiger partial charge on any atom is 0.417 e. The fourth-order valence-electron chi connectivity index (χ4n) is 1.82. The monoisotopic (exact) mass is 423 g/mol. The third-order valence-corrected chi connectivity index (χ3v) is 3.85. The van der Waals surface area contributed by atoms with E-state index in [-0.39, 0.29) is 16.3 Å². The maximum atomic E-state index is 12.8. The molecule has 0 aliphatic rings. The Balaban J connectivity index is 2.41. The van der Waals surface area contributed by atoms with Crippen LogP contribution in [-0.2, 0) is 11.0 Å². The number of rotatable bonds is 5. The first kappa shape index (κ1) is 20.5. The number of pyridine rings is 1. The van der Waals surface area contributed by atoms with Crippen LogP contribution < -0.4 is 5.48 Å². The van der Waals surface area contributed by atoms with Gasteiger partial charge in [0, 0.05) is 29.2 Å². The molecule has 0 unspecified atom stereocenters. The number of hydrogen-bond acceptors (Lipinski definition) is 4. The van der Waals surface area contributed by atoms with Crippen LogP contribution in [0.5, 0.6) is 0 Å². The third kappa shape index (κ3) is 5.35. The van der Waals surface area contributed by atoms with Crippen LogP contribution in [0, 0.1) is 0 Å². The van der Waals surface area contributed by atoms with Crippen molar-refractivity contribution in [2.75, 3.05) is 7.11 Å². The van der Waals surface area contributed by atoms with Gasteiger partial charge in [0.1, 0.15) is 0 Å². The molecule has 1 aromatic heterocycles. The third-order valence-electron chi connectivity index (χ3n) is 3.03. The second kappa shape index (κ2) is 8.73. The Morgan fingerprint density at radius 1 is 1.19 bits per heavy atom. The van der Waals surface area contributed by atoms with Crippen molar-refractivity contribution in [2.45, 2.75) is 6.18 Å². The summed E-state index contributed by atoms with van der Waals surface area (Å²) in [6.07, 6.45) is -1.18. The minimum Gasteiger partial charge on any atom is -0.280 e. The highest BCUT2D eigenvalue weighted by Crippen LogP contribution is 2.33. The molecule has 2 rings (SSSR count). The Hall–Kier alpha value is -1.80. The van der Waals surface area contributed by atoms with Crippen LogP contribution >= 0.6 is 34.8 Å². The van der Waals surface area contributed by atoms with E-state index >= 15 is 0 Å². The average Bonchev–Trinajstić information content (AvgIpc) is 2.56. The van der Waals surface area contributed by atoms with Gasteiger partial charge in [-0.1, -0.05) is 34.8 Å². The van der Waals surface area contributed by atoms with Crippen molar-refractivity contribution < 1.29 is 18.0 Å². The van der Waals surface area contributed by atoms with E-state index in [0.29, 0.717) is 21.9 Å². The molecule has 0 saturated carbocycles. The van der Waals surface area contributed by atoms with Gasteiger partial charge in [-0.05, 0) is 24.3 Å². The smallest absolute Gasteiger partial charge is 0.280 e. The molecule has 0 amide bonds. The van der Waals surface area contributed by atoms with Crippen molar-refractivity contribution in [3.63, 3.8) is 0 Å². The van der Waals surface area contributed by atoms with Crippen molar-refractivity contribution in [1.29, 1.82) is 0 Å². The van der Waals surface area contributed by atoms with E-state index in [0.717, 1.165) is 6.07 Å². The summed E-state index contributed by atoms with van der Waals surface area (Å²) in [5.74, 6) is 0. The lowest BCUT2D eigenvalue weighted by molar-refractivity contribution is -0.137. The predicted octanol–water partition coefficient (Wildman–Crippen LogP) is 5.96. The van der Waals surface area contributed by atoms with Gasteiger partial charge in [-0.25, -0.2) is 0 Å². The molecule has 4 nitrogen and oxygen atoms in total. The summed E-state index contributed by atoms with van der Waals surface area (Å²) >= 11 is 17.8. The molecule has 0 atom stereocenters. The summed E-state index contributed by atoms with van der Waals surface area (Å²) in [6, 6.07) is 5.48. The summed E-state index contributed by atoms with van der Waals surface area (Å²) in [5.41, 5.74) is 2.26. The van der Waals surface area contributed by atoms with Crippen LogP contribution in [0.1, 0.15) is 11.3 Å². The van der Waals surface area contributed by atoms with Crippen LogP contribution in [0.2, 0.25) is 15.1 Å². The minimum absolute atomic E-state index is 0.0815. The number of aliphatic imine (C=N–C) groups is 1. The number of hydrogen-bond donors (Lipinski definition) is 1. The Morgan fingerprint density at radius 2 is 1.92 bits per heavy atom. The van der Waals surface area contributed by atoms with Gasteiger partial charge in [-0.2, -0.15) is 13.2 Å². The van der Waals surface area contributed by atoms with Crippen LogP contribution in [-0.4, -0.2) is 18.3 Å². The summed E-state index contributed by atoms with van der Waals surface area (Å²) < 4.78 is 38.3.